The Hall–Kier alpha value is -2.44. The van der Waals surface area contributed by atoms with Gasteiger partial charge in [0.2, 0.25) is 23.6 Å². The Kier molecular flexibility index (Phi) is 3.12. The van der Waals surface area contributed by atoms with E-state index in [2.05, 4.69) is 5.32 Å². The zero-order valence-electron chi connectivity index (χ0n) is 11.4. The van der Waals surface area contributed by atoms with Crippen LogP contribution in [0.5, 0.6) is 0 Å². The van der Waals surface area contributed by atoms with Crippen molar-refractivity contribution in [1.29, 1.82) is 0 Å². The van der Waals surface area contributed by atoms with Gasteiger partial charge in [-0.25, -0.2) is 0 Å². The van der Waals surface area contributed by atoms with Gasteiger partial charge in [-0.1, -0.05) is 12.2 Å². The fraction of sp³-hybridized carbons (Fsp3) is 0.429. The molecule has 110 valence electrons. The molecule has 3 atom stereocenters. The Balaban J connectivity index is 1.91. The van der Waals surface area contributed by atoms with Gasteiger partial charge in [0.25, 0.3) is 0 Å². The highest BCUT2D eigenvalue weighted by atomic mass is 16.5. The second-order valence-corrected chi connectivity index (χ2v) is 5.17. The number of nitrogens with zero attached hydrogens (tertiary/aromatic N) is 1. The first-order valence-electron chi connectivity index (χ1n) is 6.67. The molecule has 2 fully saturated rings. The fourth-order valence-electron chi connectivity index (χ4n) is 3.01. The van der Waals surface area contributed by atoms with Gasteiger partial charge in [0.1, 0.15) is 17.7 Å². The quantitative estimate of drug-likeness (QED) is 0.692. The van der Waals surface area contributed by atoms with Crippen LogP contribution in [0.25, 0.3) is 0 Å². The molecule has 0 saturated carbocycles. The van der Waals surface area contributed by atoms with Crippen LogP contribution in [0, 0.1) is 11.8 Å². The van der Waals surface area contributed by atoms with Crippen molar-refractivity contribution in [3.63, 3.8) is 0 Å². The molecule has 0 aromatic heterocycles. The van der Waals surface area contributed by atoms with E-state index in [1.54, 1.807) is 18.2 Å². The zero-order chi connectivity index (χ0) is 15.1. The summed E-state index contributed by atoms with van der Waals surface area (Å²) in [6, 6.07) is -0.917. The number of piperidine rings is 1. The van der Waals surface area contributed by atoms with Gasteiger partial charge in [0, 0.05) is 6.42 Å². The highest BCUT2D eigenvalue weighted by Gasteiger charge is 2.53. The van der Waals surface area contributed by atoms with Crippen molar-refractivity contribution >= 4 is 23.6 Å². The van der Waals surface area contributed by atoms with Crippen LogP contribution in [-0.4, -0.2) is 41.7 Å². The minimum Gasteiger partial charge on any atom is -0.500 e. The van der Waals surface area contributed by atoms with Gasteiger partial charge in [-0.3, -0.25) is 29.4 Å². The van der Waals surface area contributed by atoms with Crippen molar-refractivity contribution in [3.05, 3.63) is 24.0 Å². The minimum absolute atomic E-state index is 0.117. The summed E-state index contributed by atoms with van der Waals surface area (Å²) < 4.78 is 5.16. The van der Waals surface area contributed by atoms with Gasteiger partial charge in [0.15, 0.2) is 0 Å². The lowest BCUT2D eigenvalue weighted by Gasteiger charge is -2.28. The number of amides is 4. The third-order valence-electron chi connectivity index (χ3n) is 4.03. The van der Waals surface area contributed by atoms with E-state index in [0.29, 0.717) is 5.76 Å². The van der Waals surface area contributed by atoms with E-state index in [9.17, 15) is 19.2 Å². The second kappa shape index (κ2) is 4.83. The maximum absolute atomic E-state index is 12.5. The Bertz CT molecular complexity index is 606. The molecule has 21 heavy (non-hydrogen) atoms. The molecule has 4 amide bonds. The summed E-state index contributed by atoms with van der Waals surface area (Å²) in [6.07, 6.45) is 5.22. The summed E-state index contributed by atoms with van der Waals surface area (Å²) >= 11 is 0. The van der Waals surface area contributed by atoms with Crippen molar-refractivity contribution in [2.75, 3.05) is 7.11 Å². The average Bonchev–Trinajstić information content (AvgIpc) is 2.72. The second-order valence-electron chi connectivity index (χ2n) is 5.17. The monoisotopic (exact) mass is 290 g/mol. The van der Waals surface area contributed by atoms with E-state index in [1.807, 2.05) is 0 Å². The van der Waals surface area contributed by atoms with Crippen LogP contribution in [0.4, 0.5) is 0 Å². The number of rotatable bonds is 2. The van der Waals surface area contributed by atoms with Crippen molar-refractivity contribution in [2.24, 2.45) is 11.8 Å². The first kappa shape index (κ1) is 13.5. The topological polar surface area (TPSA) is 92.8 Å². The Morgan fingerprint density at radius 3 is 2.67 bits per heavy atom. The van der Waals surface area contributed by atoms with Crippen LogP contribution < -0.4 is 5.32 Å². The number of ether oxygens (including phenoxy) is 1. The molecule has 2 aliphatic heterocycles. The highest BCUT2D eigenvalue weighted by molar-refractivity contribution is 6.12. The van der Waals surface area contributed by atoms with Gasteiger partial charge >= 0.3 is 0 Å². The summed E-state index contributed by atoms with van der Waals surface area (Å²) in [6.45, 7) is 0. The van der Waals surface area contributed by atoms with Gasteiger partial charge in [0.05, 0.1) is 13.0 Å². The average molecular weight is 290 g/mol. The van der Waals surface area contributed by atoms with Crippen LogP contribution in [0.15, 0.2) is 24.0 Å². The molecule has 0 aromatic carbocycles. The lowest BCUT2D eigenvalue weighted by Crippen LogP contribution is -2.54. The molecule has 2 heterocycles. The van der Waals surface area contributed by atoms with Crippen molar-refractivity contribution in [3.8, 4) is 0 Å². The Morgan fingerprint density at radius 2 is 2.00 bits per heavy atom. The van der Waals surface area contributed by atoms with Crippen molar-refractivity contribution in [1.82, 2.24) is 10.2 Å². The van der Waals surface area contributed by atoms with Gasteiger partial charge in [-0.15, -0.1) is 0 Å². The fourth-order valence-corrected chi connectivity index (χ4v) is 3.01. The molecule has 0 radical (unpaired) electrons. The summed E-state index contributed by atoms with van der Waals surface area (Å²) in [5.41, 5.74) is 0. The van der Waals surface area contributed by atoms with E-state index < -0.39 is 35.6 Å². The molecule has 7 heteroatoms. The Morgan fingerprint density at radius 1 is 1.24 bits per heavy atom. The molecule has 1 aliphatic carbocycles. The van der Waals surface area contributed by atoms with Crippen molar-refractivity contribution in [2.45, 2.75) is 18.9 Å². The van der Waals surface area contributed by atoms with E-state index in [1.165, 1.54) is 7.11 Å². The summed E-state index contributed by atoms with van der Waals surface area (Å²) in [5, 5.41) is 2.17. The highest BCUT2D eigenvalue weighted by Crippen LogP contribution is 2.37. The minimum atomic E-state index is -0.917. The molecule has 1 N–H and O–H groups in total. The largest absolute Gasteiger partial charge is 0.500 e. The SMILES string of the molecule is COC1=CC=CC2C(=O)N(C3CCC(=O)NC3=O)C(=O)C12. The normalized spacial score (nSPS) is 32.0. The van der Waals surface area contributed by atoms with E-state index in [-0.39, 0.29) is 18.7 Å². The first-order valence-corrected chi connectivity index (χ1v) is 6.67. The molecular formula is C14H14N2O5. The first-order chi connectivity index (χ1) is 10.0. The zero-order valence-corrected chi connectivity index (χ0v) is 11.4. The van der Waals surface area contributed by atoms with Crippen LogP contribution in [0.1, 0.15) is 12.8 Å². The maximum atomic E-state index is 12.5. The number of allylic oxidation sites excluding steroid dienone is 2. The Labute approximate surface area is 120 Å². The molecule has 0 bridgehead atoms. The molecular weight excluding hydrogens is 276 g/mol. The van der Waals surface area contributed by atoms with E-state index in [4.69, 9.17) is 4.74 Å². The van der Waals surface area contributed by atoms with Crippen LogP contribution in [0.3, 0.4) is 0 Å². The number of carbonyl (C=O) groups is 4. The number of nitrogens with one attached hydrogen (secondary N) is 1. The number of methoxy groups -OCH3 is 1. The van der Waals surface area contributed by atoms with Crippen LogP contribution in [-0.2, 0) is 23.9 Å². The number of carbonyl (C=O) groups excluding carboxylic acids is 4. The standard InChI is InChI=1S/C14H14N2O5/c1-21-9-4-2-3-7-11(9)14(20)16(13(7)19)8-5-6-10(17)15-12(8)18/h2-4,7-8,11H,5-6H2,1H3,(H,15,17,18). The third-order valence-corrected chi connectivity index (χ3v) is 4.03. The van der Waals surface area contributed by atoms with E-state index >= 15 is 0 Å². The van der Waals surface area contributed by atoms with Gasteiger partial charge < -0.3 is 4.74 Å². The van der Waals surface area contributed by atoms with Gasteiger partial charge in [-0.2, -0.15) is 0 Å². The third kappa shape index (κ3) is 1.96. The number of imide groups is 2. The molecule has 2 saturated heterocycles. The molecule has 3 unspecified atom stereocenters. The summed E-state index contributed by atoms with van der Waals surface area (Å²) in [5.74, 6) is -2.78. The maximum Gasteiger partial charge on any atom is 0.249 e. The van der Waals surface area contributed by atoms with Gasteiger partial charge in [-0.05, 0) is 12.5 Å². The molecule has 0 aromatic rings. The lowest BCUT2D eigenvalue weighted by atomic mass is 9.89. The lowest BCUT2D eigenvalue weighted by molar-refractivity contribution is -0.151. The molecule has 7 nitrogen and oxygen atoms in total. The number of hydrogen-bond donors (Lipinski definition) is 1. The molecule has 3 aliphatic rings. The summed E-state index contributed by atoms with van der Waals surface area (Å²) in [7, 11) is 1.44. The molecule has 3 rings (SSSR count). The van der Waals surface area contributed by atoms with Crippen LogP contribution >= 0.6 is 0 Å². The van der Waals surface area contributed by atoms with Crippen molar-refractivity contribution < 1.29 is 23.9 Å². The predicted molar refractivity (Wildman–Crippen MR) is 69.2 cm³/mol. The van der Waals surface area contributed by atoms with E-state index in [0.717, 1.165) is 4.90 Å². The number of likely N-dealkylation sites (tertiary alicyclic amines) is 1. The molecule has 0 spiro atoms. The predicted octanol–water partition coefficient (Wildman–Crippen LogP) is -0.507. The summed E-state index contributed by atoms with van der Waals surface area (Å²) in [4.78, 5) is 49.0. The smallest absolute Gasteiger partial charge is 0.249 e. The van der Waals surface area contributed by atoms with Crippen LogP contribution in [0.2, 0.25) is 0 Å². The number of fused-ring (bicyclic) bond motifs is 1. The number of hydrogen-bond acceptors (Lipinski definition) is 5.